The van der Waals surface area contributed by atoms with E-state index in [1.165, 1.54) is 13.8 Å². The molecule has 1 aliphatic rings. The van der Waals surface area contributed by atoms with Crippen molar-refractivity contribution in [2.24, 2.45) is 0 Å². The molecular weight excluding hydrogens is 280 g/mol. The number of aryl methyl sites for hydroxylation is 2. The van der Waals surface area contributed by atoms with Crippen molar-refractivity contribution in [3.63, 3.8) is 0 Å². The molecule has 0 atom stereocenters. The third-order valence-electron chi connectivity index (χ3n) is 3.30. The van der Waals surface area contributed by atoms with E-state index in [0.717, 1.165) is 25.7 Å². The van der Waals surface area contributed by atoms with Crippen LogP contribution in [0, 0.1) is 13.8 Å². The number of allylic oxidation sites excluding steroid dienone is 1. The summed E-state index contributed by atoms with van der Waals surface area (Å²) in [6, 6.07) is 0. The van der Waals surface area contributed by atoms with Gasteiger partial charge in [-0.3, -0.25) is 4.79 Å². The SMILES string of the molecule is Cc1noc(C)c1S(=O)(=O)NC(=O)C1=CCCCCC1. The zero-order valence-corrected chi connectivity index (χ0v) is 12.4. The van der Waals surface area contributed by atoms with Gasteiger partial charge in [-0.1, -0.05) is 17.7 Å². The first-order chi connectivity index (χ1) is 9.42. The molecule has 0 radical (unpaired) electrons. The van der Waals surface area contributed by atoms with Gasteiger partial charge in [-0.2, -0.15) is 0 Å². The second-order valence-corrected chi connectivity index (χ2v) is 6.54. The van der Waals surface area contributed by atoms with E-state index in [9.17, 15) is 13.2 Å². The molecule has 1 heterocycles. The van der Waals surface area contributed by atoms with Gasteiger partial charge < -0.3 is 4.52 Å². The maximum Gasteiger partial charge on any atom is 0.269 e. The van der Waals surface area contributed by atoms with Crippen LogP contribution in [-0.4, -0.2) is 19.5 Å². The molecule has 0 saturated carbocycles. The Morgan fingerprint density at radius 3 is 2.70 bits per heavy atom. The fourth-order valence-electron chi connectivity index (χ4n) is 2.32. The molecule has 110 valence electrons. The van der Waals surface area contributed by atoms with Gasteiger partial charge in [-0.05, 0) is 39.5 Å². The van der Waals surface area contributed by atoms with Gasteiger partial charge in [0, 0.05) is 5.57 Å². The van der Waals surface area contributed by atoms with Crippen molar-refractivity contribution in [3.8, 4) is 0 Å². The molecule has 1 aromatic heterocycles. The van der Waals surface area contributed by atoms with Gasteiger partial charge in [-0.25, -0.2) is 13.1 Å². The fraction of sp³-hybridized carbons (Fsp3) is 0.538. The molecule has 1 aliphatic carbocycles. The summed E-state index contributed by atoms with van der Waals surface area (Å²) >= 11 is 0. The monoisotopic (exact) mass is 298 g/mol. The quantitative estimate of drug-likeness (QED) is 0.921. The van der Waals surface area contributed by atoms with Gasteiger partial charge in [-0.15, -0.1) is 0 Å². The lowest BCUT2D eigenvalue weighted by molar-refractivity contribution is -0.116. The maximum absolute atomic E-state index is 12.2. The van der Waals surface area contributed by atoms with Crippen molar-refractivity contribution in [1.29, 1.82) is 0 Å². The van der Waals surface area contributed by atoms with E-state index in [0.29, 0.717) is 12.0 Å². The Morgan fingerprint density at radius 1 is 1.30 bits per heavy atom. The Balaban J connectivity index is 2.20. The van der Waals surface area contributed by atoms with Crippen molar-refractivity contribution in [1.82, 2.24) is 9.88 Å². The topological polar surface area (TPSA) is 89.3 Å². The summed E-state index contributed by atoms with van der Waals surface area (Å²) in [4.78, 5) is 12.0. The molecule has 0 spiro atoms. The van der Waals surface area contributed by atoms with Crippen LogP contribution in [-0.2, 0) is 14.8 Å². The molecule has 6 nitrogen and oxygen atoms in total. The van der Waals surface area contributed by atoms with Crippen molar-refractivity contribution in [2.45, 2.75) is 50.8 Å². The third-order valence-corrected chi connectivity index (χ3v) is 4.87. The molecule has 0 aliphatic heterocycles. The highest BCUT2D eigenvalue weighted by molar-refractivity contribution is 7.90. The maximum atomic E-state index is 12.2. The lowest BCUT2D eigenvalue weighted by Gasteiger charge is -2.08. The lowest BCUT2D eigenvalue weighted by atomic mass is 10.1. The Hall–Kier alpha value is -1.63. The van der Waals surface area contributed by atoms with Crippen LogP contribution >= 0.6 is 0 Å². The summed E-state index contributed by atoms with van der Waals surface area (Å²) in [5.41, 5.74) is 0.787. The standard InChI is InChI=1S/C13H18N2O4S/c1-9-12(10(2)19-14-9)20(17,18)15-13(16)11-7-5-3-4-6-8-11/h7H,3-6,8H2,1-2H3,(H,15,16). The molecule has 7 heteroatoms. The summed E-state index contributed by atoms with van der Waals surface area (Å²) in [6.45, 7) is 3.03. The van der Waals surface area contributed by atoms with Crippen LogP contribution in [0.25, 0.3) is 0 Å². The number of nitrogens with one attached hydrogen (secondary N) is 1. The summed E-state index contributed by atoms with van der Waals surface area (Å²) in [5.74, 6) is -0.371. The van der Waals surface area contributed by atoms with Crippen LogP contribution in [0.3, 0.4) is 0 Å². The number of amides is 1. The van der Waals surface area contributed by atoms with Crippen molar-refractivity contribution >= 4 is 15.9 Å². The first kappa shape index (κ1) is 14.8. The van der Waals surface area contributed by atoms with Crippen LogP contribution in [0.15, 0.2) is 21.1 Å². The van der Waals surface area contributed by atoms with Gasteiger partial charge in [0.2, 0.25) is 0 Å². The van der Waals surface area contributed by atoms with Gasteiger partial charge in [0.1, 0.15) is 5.69 Å². The van der Waals surface area contributed by atoms with E-state index in [-0.39, 0.29) is 16.3 Å². The van der Waals surface area contributed by atoms with E-state index in [2.05, 4.69) is 9.88 Å². The van der Waals surface area contributed by atoms with E-state index >= 15 is 0 Å². The second kappa shape index (κ2) is 5.78. The molecule has 20 heavy (non-hydrogen) atoms. The van der Waals surface area contributed by atoms with Crippen LogP contribution in [0.2, 0.25) is 0 Å². The summed E-state index contributed by atoms with van der Waals surface area (Å²) in [5, 5.41) is 3.60. The van der Waals surface area contributed by atoms with Crippen molar-refractivity contribution in [3.05, 3.63) is 23.1 Å². The molecular formula is C13H18N2O4S. The molecule has 1 aromatic rings. The largest absolute Gasteiger partial charge is 0.360 e. The smallest absolute Gasteiger partial charge is 0.269 e. The number of sulfonamides is 1. The van der Waals surface area contributed by atoms with Crippen LogP contribution < -0.4 is 4.72 Å². The van der Waals surface area contributed by atoms with Gasteiger partial charge in [0.25, 0.3) is 15.9 Å². The zero-order chi connectivity index (χ0) is 14.8. The number of hydrogen-bond acceptors (Lipinski definition) is 5. The average molecular weight is 298 g/mol. The molecule has 0 unspecified atom stereocenters. The normalized spacial score (nSPS) is 16.4. The van der Waals surface area contributed by atoms with Crippen molar-refractivity contribution in [2.75, 3.05) is 0 Å². The average Bonchev–Trinajstić information content (AvgIpc) is 2.59. The second-order valence-electron chi connectivity index (χ2n) is 4.92. The molecule has 0 saturated heterocycles. The predicted octanol–water partition coefficient (Wildman–Crippen LogP) is 1.99. The first-order valence-electron chi connectivity index (χ1n) is 6.61. The van der Waals surface area contributed by atoms with E-state index < -0.39 is 15.9 Å². The Bertz CT molecular complexity index is 624. The van der Waals surface area contributed by atoms with E-state index in [4.69, 9.17) is 4.52 Å². The minimum Gasteiger partial charge on any atom is -0.360 e. The van der Waals surface area contributed by atoms with Crippen LogP contribution in [0.4, 0.5) is 0 Å². The molecule has 0 bridgehead atoms. The van der Waals surface area contributed by atoms with E-state index in [1.807, 2.05) is 6.08 Å². The van der Waals surface area contributed by atoms with Gasteiger partial charge >= 0.3 is 0 Å². The lowest BCUT2D eigenvalue weighted by Crippen LogP contribution is -2.32. The number of aromatic nitrogens is 1. The zero-order valence-electron chi connectivity index (χ0n) is 11.6. The summed E-state index contributed by atoms with van der Waals surface area (Å²) in [6.07, 6.45) is 6.25. The number of carbonyl (C=O) groups is 1. The van der Waals surface area contributed by atoms with Gasteiger partial charge in [0.05, 0.1) is 0 Å². The number of nitrogens with zero attached hydrogens (tertiary/aromatic N) is 1. The van der Waals surface area contributed by atoms with Crippen molar-refractivity contribution < 1.29 is 17.7 Å². The summed E-state index contributed by atoms with van der Waals surface area (Å²) in [7, 11) is -3.94. The van der Waals surface area contributed by atoms with Crippen LogP contribution in [0.5, 0.6) is 0 Å². The Labute approximate surface area is 118 Å². The first-order valence-corrected chi connectivity index (χ1v) is 8.09. The molecule has 1 amide bonds. The molecule has 0 fully saturated rings. The summed E-state index contributed by atoms with van der Waals surface area (Å²) < 4.78 is 31.4. The van der Waals surface area contributed by atoms with E-state index in [1.54, 1.807) is 0 Å². The molecule has 2 rings (SSSR count). The number of carbonyl (C=O) groups excluding carboxylic acids is 1. The molecule has 0 aromatic carbocycles. The minimum absolute atomic E-state index is 0.0555. The highest BCUT2D eigenvalue weighted by Crippen LogP contribution is 2.21. The van der Waals surface area contributed by atoms with Gasteiger partial charge in [0.15, 0.2) is 10.7 Å². The molecule has 1 N–H and O–H groups in total. The van der Waals surface area contributed by atoms with Crippen LogP contribution in [0.1, 0.15) is 43.6 Å². The highest BCUT2D eigenvalue weighted by atomic mass is 32.2. The number of hydrogen-bond donors (Lipinski definition) is 1. The Morgan fingerprint density at radius 2 is 2.05 bits per heavy atom. The fourth-order valence-corrected chi connectivity index (χ4v) is 3.64. The highest BCUT2D eigenvalue weighted by Gasteiger charge is 2.27. The third kappa shape index (κ3) is 3.09. The Kier molecular flexibility index (Phi) is 4.27. The minimum atomic E-state index is -3.94. The predicted molar refractivity (Wildman–Crippen MR) is 72.5 cm³/mol. The number of rotatable bonds is 3.